The summed E-state index contributed by atoms with van der Waals surface area (Å²) in [7, 11) is 1.34. The largest absolute Gasteiger partial charge is 0.469 e. The van der Waals surface area contributed by atoms with Gasteiger partial charge in [0.15, 0.2) is 0 Å². The Morgan fingerprint density at radius 3 is 2.76 bits per heavy atom. The summed E-state index contributed by atoms with van der Waals surface area (Å²) in [4.78, 5) is 23.9. The van der Waals surface area contributed by atoms with Gasteiger partial charge in [0.2, 0.25) is 0 Å². The zero-order chi connectivity index (χ0) is 12.7. The molecule has 2 aliphatic carbocycles. The van der Waals surface area contributed by atoms with Crippen molar-refractivity contribution in [2.75, 3.05) is 7.11 Å². The molecule has 17 heavy (non-hydrogen) atoms. The number of fused-ring (bicyclic) bond motifs is 1. The van der Waals surface area contributed by atoms with Crippen LogP contribution in [0.5, 0.6) is 0 Å². The van der Waals surface area contributed by atoms with E-state index in [0.29, 0.717) is 32.1 Å². The van der Waals surface area contributed by atoms with Gasteiger partial charge in [0, 0.05) is 6.42 Å². The summed E-state index contributed by atoms with van der Waals surface area (Å²) in [6.07, 6.45) is 3.80. The quantitative estimate of drug-likeness (QED) is 0.705. The molecular formula is C13H20O4. The first kappa shape index (κ1) is 12.6. The van der Waals surface area contributed by atoms with Crippen LogP contribution < -0.4 is 0 Å². The van der Waals surface area contributed by atoms with E-state index in [1.54, 1.807) is 0 Å². The van der Waals surface area contributed by atoms with Gasteiger partial charge in [0.25, 0.3) is 0 Å². The van der Waals surface area contributed by atoms with E-state index < -0.39 is 16.9 Å². The number of rotatable bonds is 1. The summed E-state index contributed by atoms with van der Waals surface area (Å²) in [6.45, 7) is 1.81. The van der Waals surface area contributed by atoms with E-state index >= 15 is 0 Å². The van der Waals surface area contributed by atoms with Crippen LogP contribution in [0.1, 0.15) is 45.4 Å². The van der Waals surface area contributed by atoms with Gasteiger partial charge in [0.05, 0.1) is 24.0 Å². The Kier molecular flexibility index (Phi) is 3.02. The third-order valence-corrected chi connectivity index (χ3v) is 4.76. The van der Waals surface area contributed by atoms with Gasteiger partial charge >= 0.3 is 5.97 Å². The van der Waals surface area contributed by atoms with Gasteiger partial charge in [-0.1, -0.05) is 6.42 Å². The molecule has 0 heterocycles. The van der Waals surface area contributed by atoms with Crippen molar-refractivity contribution in [2.45, 2.75) is 51.0 Å². The van der Waals surface area contributed by atoms with E-state index in [1.807, 2.05) is 6.92 Å². The first-order chi connectivity index (χ1) is 7.95. The van der Waals surface area contributed by atoms with Crippen molar-refractivity contribution in [1.29, 1.82) is 0 Å². The first-order valence-corrected chi connectivity index (χ1v) is 6.29. The maximum atomic E-state index is 12.1. The monoisotopic (exact) mass is 240 g/mol. The molecule has 0 aromatic heterocycles. The standard InChI is InChI=1S/C13H20O4/c1-12-7-3-5-9(11(15)17-2)13(12,16)8-4-6-10(12)14/h9,16H,3-8H2,1-2H3/t9-,12-,13+/m1/s1. The van der Waals surface area contributed by atoms with Crippen LogP contribution >= 0.6 is 0 Å². The van der Waals surface area contributed by atoms with Crippen molar-refractivity contribution in [2.24, 2.45) is 11.3 Å². The maximum Gasteiger partial charge on any atom is 0.311 e. The third-order valence-electron chi connectivity index (χ3n) is 4.76. The Morgan fingerprint density at radius 1 is 1.41 bits per heavy atom. The molecule has 4 heteroatoms. The van der Waals surface area contributed by atoms with Crippen molar-refractivity contribution < 1.29 is 19.4 Å². The first-order valence-electron chi connectivity index (χ1n) is 6.29. The fourth-order valence-corrected chi connectivity index (χ4v) is 3.58. The number of ketones is 1. The molecule has 0 unspecified atom stereocenters. The van der Waals surface area contributed by atoms with Crippen molar-refractivity contribution in [3.05, 3.63) is 0 Å². The van der Waals surface area contributed by atoms with Gasteiger partial charge in [-0.15, -0.1) is 0 Å². The van der Waals surface area contributed by atoms with E-state index in [2.05, 4.69) is 0 Å². The Labute approximate surface area is 101 Å². The van der Waals surface area contributed by atoms with E-state index in [9.17, 15) is 14.7 Å². The van der Waals surface area contributed by atoms with Gasteiger partial charge in [-0.2, -0.15) is 0 Å². The number of hydrogen-bond donors (Lipinski definition) is 1. The highest BCUT2D eigenvalue weighted by Crippen LogP contribution is 2.53. The molecule has 0 spiro atoms. The number of carbonyl (C=O) groups is 2. The Morgan fingerprint density at radius 2 is 2.12 bits per heavy atom. The van der Waals surface area contributed by atoms with E-state index in [-0.39, 0.29) is 11.8 Å². The van der Waals surface area contributed by atoms with Crippen LogP contribution in [0.15, 0.2) is 0 Å². The van der Waals surface area contributed by atoms with Gasteiger partial charge < -0.3 is 9.84 Å². The SMILES string of the molecule is COC(=O)[C@H]1CCC[C@]2(C)C(=O)CCC[C@]12O. The molecule has 3 atom stereocenters. The number of aliphatic hydroxyl groups is 1. The average Bonchev–Trinajstić information content (AvgIpc) is 2.30. The molecule has 2 fully saturated rings. The lowest BCUT2D eigenvalue weighted by atomic mass is 9.53. The molecule has 0 bridgehead atoms. The number of methoxy groups -OCH3 is 1. The summed E-state index contributed by atoms with van der Waals surface area (Å²) in [5.41, 5.74) is -1.96. The summed E-state index contributed by atoms with van der Waals surface area (Å²) >= 11 is 0. The number of ether oxygens (including phenoxy) is 1. The molecular weight excluding hydrogens is 220 g/mol. The Bertz CT molecular complexity index is 351. The lowest BCUT2D eigenvalue weighted by Crippen LogP contribution is -2.62. The molecule has 96 valence electrons. The summed E-state index contributed by atoms with van der Waals surface area (Å²) in [6, 6.07) is 0. The minimum atomic E-state index is -1.20. The zero-order valence-corrected chi connectivity index (χ0v) is 10.5. The maximum absolute atomic E-state index is 12.1. The number of hydrogen-bond acceptors (Lipinski definition) is 4. The van der Waals surface area contributed by atoms with E-state index in [0.717, 1.165) is 6.42 Å². The lowest BCUT2D eigenvalue weighted by Gasteiger charge is -2.53. The highest BCUT2D eigenvalue weighted by Gasteiger charge is 2.61. The molecule has 0 radical (unpaired) electrons. The van der Waals surface area contributed by atoms with Gasteiger partial charge in [-0.3, -0.25) is 9.59 Å². The van der Waals surface area contributed by atoms with Crippen LogP contribution in [0.4, 0.5) is 0 Å². The van der Waals surface area contributed by atoms with Crippen LogP contribution in [-0.2, 0) is 14.3 Å². The number of esters is 1. The second-order valence-corrected chi connectivity index (χ2v) is 5.50. The predicted octanol–water partition coefficient (Wildman–Crippen LogP) is 1.45. The smallest absolute Gasteiger partial charge is 0.311 e. The predicted molar refractivity (Wildman–Crippen MR) is 61.3 cm³/mol. The molecule has 2 saturated carbocycles. The minimum absolute atomic E-state index is 0.0971. The molecule has 0 aromatic carbocycles. The fourth-order valence-electron chi connectivity index (χ4n) is 3.58. The number of carbonyl (C=O) groups excluding carboxylic acids is 2. The van der Waals surface area contributed by atoms with Crippen molar-refractivity contribution in [1.82, 2.24) is 0 Å². The fraction of sp³-hybridized carbons (Fsp3) is 0.846. The summed E-state index contributed by atoms with van der Waals surface area (Å²) in [5, 5.41) is 10.9. The van der Waals surface area contributed by atoms with Crippen molar-refractivity contribution in [3.8, 4) is 0 Å². The topological polar surface area (TPSA) is 63.6 Å². The molecule has 2 rings (SSSR count). The van der Waals surface area contributed by atoms with Crippen LogP contribution in [0.2, 0.25) is 0 Å². The van der Waals surface area contributed by atoms with E-state index in [1.165, 1.54) is 7.11 Å². The molecule has 0 aromatic rings. The van der Waals surface area contributed by atoms with Crippen LogP contribution in [0.3, 0.4) is 0 Å². The van der Waals surface area contributed by atoms with E-state index in [4.69, 9.17) is 4.74 Å². The molecule has 0 aliphatic heterocycles. The van der Waals surface area contributed by atoms with Gasteiger partial charge in [-0.25, -0.2) is 0 Å². The molecule has 1 N–H and O–H groups in total. The normalized spacial score (nSPS) is 41.8. The molecule has 0 saturated heterocycles. The molecule has 2 aliphatic rings. The van der Waals surface area contributed by atoms with Crippen LogP contribution in [-0.4, -0.2) is 29.6 Å². The van der Waals surface area contributed by atoms with Crippen LogP contribution in [0, 0.1) is 11.3 Å². The zero-order valence-electron chi connectivity index (χ0n) is 10.5. The highest BCUT2D eigenvalue weighted by molar-refractivity contribution is 5.88. The Hall–Kier alpha value is -0.900. The van der Waals surface area contributed by atoms with Crippen molar-refractivity contribution in [3.63, 3.8) is 0 Å². The molecule has 0 amide bonds. The van der Waals surface area contributed by atoms with Crippen molar-refractivity contribution >= 4 is 11.8 Å². The van der Waals surface area contributed by atoms with Crippen LogP contribution in [0.25, 0.3) is 0 Å². The molecule has 4 nitrogen and oxygen atoms in total. The average molecular weight is 240 g/mol. The summed E-state index contributed by atoms with van der Waals surface area (Å²) < 4.78 is 4.77. The minimum Gasteiger partial charge on any atom is -0.469 e. The number of Topliss-reactive ketones (excluding diaryl/α,β-unsaturated/α-hetero) is 1. The second-order valence-electron chi connectivity index (χ2n) is 5.50. The van der Waals surface area contributed by atoms with Gasteiger partial charge in [0.1, 0.15) is 5.78 Å². The highest BCUT2D eigenvalue weighted by atomic mass is 16.5. The lowest BCUT2D eigenvalue weighted by molar-refractivity contribution is -0.193. The Balaban J connectivity index is 2.39. The van der Waals surface area contributed by atoms with Gasteiger partial charge in [-0.05, 0) is 32.6 Å². The second kappa shape index (κ2) is 4.09. The summed E-state index contributed by atoms with van der Waals surface area (Å²) in [5.74, 6) is -0.830. The third kappa shape index (κ3) is 1.61.